The van der Waals surface area contributed by atoms with Gasteiger partial charge >= 0.3 is 0 Å². The molecule has 4 fully saturated rings. The minimum absolute atomic E-state index is 0.0250. The zero-order valence-corrected chi connectivity index (χ0v) is 34.1. The van der Waals surface area contributed by atoms with Gasteiger partial charge in [0.1, 0.15) is 23.6 Å². The molecule has 4 aromatic rings. The molecule has 4 aliphatic heterocycles. The Balaban J connectivity index is 0.680. The second kappa shape index (κ2) is 17.0. The molecule has 61 heavy (non-hydrogen) atoms. The summed E-state index contributed by atoms with van der Waals surface area (Å²) >= 11 is 0. The number of anilines is 2. The first-order valence-electron chi connectivity index (χ1n) is 21.4. The normalized spacial score (nSPS) is 22.5. The molecule has 7 heterocycles. The lowest BCUT2D eigenvalue weighted by Gasteiger charge is -2.36. The van der Waals surface area contributed by atoms with Crippen LogP contribution in [0.5, 0.6) is 0 Å². The first-order chi connectivity index (χ1) is 29.6. The number of aryl methyl sites for hydroxylation is 1. The van der Waals surface area contributed by atoms with E-state index in [-0.39, 0.29) is 60.5 Å². The van der Waals surface area contributed by atoms with Gasteiger partial charge in [0.2, 0.25) is 17.7 Å². The van der Waals surface area contributed by atoms with Gasteiger partial charge in [0.25, 0.3) is 17.7 Å². The van der Waals surface area contributed by atoms with Gasteiger partial charge in [0.15, 0.2) is 11.5 Å². The van der Waals surface area contributed by atoms with E-state index in [0.29, 0.717) is 30.4 Å². The Hall–Kier alpha value is -6.30. The van der Waals surface area contributed by atoms with Crippen molar-refractivity contribution in [2.75, 3.05) is 49.9 Å². The topological polar surface area (TPSA) is 217 Å². The number of nitrogens with zero attached hydrogens (tertiary/aromatic N) is 8. The number of piperidine rings is 3. The van der Waals surface area contributed by atoms with Crippen molar-refractivity contribution in [2.45, 2.75) is 88.9 Å². The molecule has 0 spiro atoms. The number of aromatic nitrogens is 5. The molecule has 1 saturated carbocycles. The molecule has 3 aromatic heterocycles. The molecule has 3 saturated heterocycles. The van der Waals surface area contributed by atoms with E-state index in [1.54, 1.807) is 24.5 Å². The molecule has 4 N–H and O–H groups in total. The average molecular weight is 831 g/mol. The third-order valence-corrected chi connectivity index (χ3v) is 13.0. The monoisotopic (exact) mass is 830 g/mol. The van der Waals surface area contributed by atoms with E-state index in [4.69, 9.17) is 4.98 Å². The Morgan fingerprint density at radius 1 is 0.869 bits per heavy atom. The molecular formula is C43H50N12O6. The Morgan fingerprint density at radius 3 is 2.43 bits per heavy atom. The van der Waals surface area contributed by atoms with Crippen molar-refractivity contribution in [3.05, 3.63) is 71.6 Å². The van der Waals surface area contributed by atoms with Crippen molar-refractivity contribution >= 4 is 58.1 Å². The Labute approximate surface area is 352 Å². The number of carbonyl (C=O) groups excluding carboxylic acids is 6. The van der Waals surface area contributed by atoms with Crippen molar-refractivity contribution in [1.29, 1.82) is 0 Å². The van der Waals surface area contributed by atoms with Gasteiger partial charge in [0.05, 0.1) is 24.0 Å². The number of benzene rings is 1. The maximum atomic E-state index is 13.2. The van der Waals surface area contributed by atoms with Gasteiger partial charge in [0, 0.05) is 62.1 Å². The number of hydrogen-bond donors (Lipinski definition) is 4. The van der Waals surface area contributed by atoms with Crippen molar-refractivity contribution in [3.8, 4) is 0 Å². The summed E-state index contributed by atoms with van der Waals surface area (Å²) in [6.45, 7) is 6.34. The van der Waals surface area contributed by atoms with E-state index >= 15 is 0 Å². The summed E-state index contributed by atoms with van der Waals surface area (Å²) < 4.78 is 2.10. The molecule has 0 bridgehead atoms. The molecule has 0 unspecified atom stereocenters. The fraction of sp³-hybridized carbons (Fsp3) is 0.488. The molecule has 9 rings (SSSR count). The maximum absolute atomic E-state index is 13.2. The zero-order chi connectivity index (χ0) is 42.2. The summed E-state index contributed by atoms with van der Waals surface area (Å²) in [7, 11) is 0. The van der Waals surface area contributed by atoms with Gasteiger partial charge in [-0.2, -0.15) is 0 Å². The zero-order valence-electron chi connectivity index (χ0n) is 34.1. The second-order valence-corrected chi connectivity index (χ2v) is 16.9. The highest BCUT2D eigenvalue weighted by molar-refractivity contribution is 6.23. The van der Waals surface area contributed by atoms with Crippen LogP contribution in [0.25, 0.3) is 11.2 Å². The molecule has 0 radical (unpaired) electrons. The number of hydrogen-bond acceptors (Lipinski definition) is 13. The number of carbonyl (C=O) groups is 6. The van der Waals surface area contributed by atoms with Crippen LogP contribution in [0.15, 0.2) is 49.1 Å². The van der Waals surface area contributed by atoms with E-state index in [1.807, 2.05) is 30.3 Å². The quantitative estimate of drug-likeness (QED) is 0.151. The van der Waals surface area contributed by atoms with Gasteiger partial charge in [-0.05, 0) is 101 Å². The smallest absolute Gasteiger partial charge is 0.270 e. The summed E-state index contributed by atoms with van der Waals surface area (Å²) in [5.74, 6) is -1.08. The standard InChI is InChI=1S/C43H50N12O6/c1-25-3-2-4-33(48-25)40(58)50-29-19-30(20-29)54-24-47-37-38(45-23-46-39(37)54)49-27-12-15-52(16-13-27)14-9-26-10-17-53(18-11-26)36(57)22-44-28-5-6-31-32(21-28)43(61)55(42(31)60)34-7-8-35(56)51-41(34)59/h2-6,21,23-24,26-27,29-30,34,44H,7-20,22H2,1H3,(H,50,58)(H,45,46,49)(H,51,56,59)/t29?,30?,34-/m0/s1. The van der Waals surface area contributed by atoms with E-state index in [0.717, 1.165) is 92.2 Å². The van der Waals surface area contributed by atoms with Crippen LogP contribution in [0.1, 0.15) is 101 Å². The van der Waals surface area contributed by atoms with Crippen LogP contribution in [-0.4, -0.2) is 132 Å². The molecule has 1 atom stereocenters. The fourth-order valence-corrected chi connectivity index (χ4v) is 9.29. The van der Waals surface area contributed by atoms with Gasteiger partial charge in [-0.15, -0.1) is 0 Å². The van der Waals surface area contributed by atoms with E-state index in [9.17, 15) is 28.8 Å². The first-order valence-corrected chi connectivity index (χ1v) is 21.4. The highest BCUT2D eigenvalue weighted by Gasteiger charge is 2.44. The Morgan fingerprint density at radius 2 is 1.66 bits per heavy atom. The molecule has 318 valence electrons. The lowest BCUT2D eigenvalue weighted by atomic mass is 9.86. The molecule has 1 aromatic carbocycles. The van der Waals surface area contributed by atoms with Crippen LogP contribution in [-0.2, 0) is 14.4 Å². The third-order valence-electron chi connectivity index (χ3n) is 13.0. The van der Waals surface area contributed by atoms with Crippen LogP contribution in [0.3, 0.4) is 0 Å². The number of nitrogens with one attached hydrogen (secondary N) is 4. The van der Waals surface area contributed by atoms with Gasteiger partial charge in [-0.25, -0.2) is 19.9 Å². The Bertz CT molecular complexity index is 2380. The Kier molecular flexibility index (Phi) is 11.2. The van der Waals surface area contributed by atoms with Crippen LogP contribution < -0.4 is 21.3 Å². The van der Waals surface area contributed by atoms with Crippen LogP contribution in [0.4, 0.5) is 11.5 Å². The molecule has 5 aliphatic rings. The molecular weight excluding hydrogens is 781 g/mol. The summed E-state index contributed by atoms with van der Waals surface area (Å²) in [6, 6.07) is 9.72. The van der Waals surface area contributed by atoms with Crippen molar-refractivity contribution in [3.63, 3.8) is 0 Å². The fourth-order valence-electron chi connectivity index (χ4n) is 9.29. The highest BCUT2D eigenvalue weighted by atomic mass is 16.2. The van der Waals surface area contributed by atoms with Crippen LogP contribution in [0, 0.1) is 12.8 Å². The summed E-state index contributed by atoms with van der Waals surface area (Å²) in [5, 5.41) is 12.1. The van der Waals surface area contributed by atoms with Crippen LogP contribution >= 0.6 is 0 Å². The molecule has 18 nitrogen and oxygen atoms in total. The van der Waals surface area contributed by atoms with Gasteiger partial charge < -0.3 is 30.3 Å². The molecule has 18 heteroatoms. The molecule has 1 aliphatic carbocycles. The van der Waals surface area contributed by atoms with Crippen molar-refractivity contribution in [1.82, 2.24) is 49.8 Å². The first kappa shape index (κ1) is 40.1. The van der Waals surface area contributed by atoms with E-state index in [2.05, 4.69) is 45.7 Å². The lowest BCUT2D eigenvalue weighted by molar-refractivity contribution is -0.136. The maximum Gasteiger partial charge on any atom is 0.270 e. The van der Waals surface area contributed by atoms with Crippen molar-refractivity contribution < 1.29 is 28.8 Å². The SMILES string of the molecule is Cc1cccc(C(=O)NC2CC(n3cnc4c(NC5CCN(CCC6CCN(C(=O)CNc7ccc8c(c7)C(=O)N([C@H]7CCC(=O)NC7=O)C8=O)CC6)CC5)ncnc43)C2)n1. The predicted molar refractivity (Wildman–Crippen MR) is 222 cm³/mol. The van der Waals surface area contributed by atoms with Crippen LogP contribution in [0.2, 0.25) is 0 Å². The molecule has 6 amide bonds. The number of imide groups is 2. The lowest BCUT2D eigenvalue weighted by Crippen LogP contribution is -2.54. The summed E-state index contributed by atoms with van der Waals surface area (Å²) in [4.78, 5) is 99.5. The van der Waals surface area contributed by atoms with E-state index in [1.165, 1.54) is 6.07 Å². The third kappa shape index (κ3) is 8.40. The number of fused-ring (bicyclic) bond motifs is 2. The number of pyridine rings is 1. The minimum atomic E-state index is -1.03. The minimum Gasteiger partial charge on any atom is -0.376 e. The largest absolute Gasteiger partial charge is 0.376 e. The predicted octanol–water partition coefficient (Wildman–Crippen LogP) is 2.68. The number of rotatable bonds is 12. The van der Waals surface area contributed by atoms with E-state index < -0.39 is 29.7 Å². The number of amides is 6. The van der Waals surface area contributed by atoms with Crippen molar-refractivity contribution in [2.24, 2.45) is 5.92 Å². The average Bonchev–Trinajstić information content (AvgIpc) is 3.79. The number of imidazole rings is 1. The summed E-state index contributed by atoms with van der Waals surface area (Å²) in [5.41, 5.74) is 3.71. The van der Waals surface area contributed by atoms with Gasteiger partial charge in [-0.1, -0.05) is 6.07 Å². The number of likely N-dealkylation sites (tertiary alicyclic amines) is 2. The van der Waals surface area contributed by atoms with Gasteiger partial charge in [-0.3, -0.25) is 39.0 Å². The summed E-state index contributed by atoms with van der Waals surface area (Å²) in [6.07, 6.45) is 10.2. The highest BCUT2D eigenvalue weighted by Crippen LogP contribution is 2.35. The second-order valence-electron chi connectivity index (χ2n) is 16.9.